The highest BCUT2D eigenvalue weighted by atomic mass is 32.2. The topological polar surface area (TPSA) is 41.1 Å². The van der Waals surface area contributed by atoms with E-state index >= 15 is 0 Å². The van der Waals surface area contributed by atoms with Gasteiger partial charge in [0.15, 0.2) is 0 Å². The molecule has 2 saturated heterocycles. The second-order valence-electron chi connectivity index (χ2n) is 4.04. The maximum absolute atomic E-state index is 11.5. The Morgan fingerprint density at radius 2 is 2.07 bits per heavy atom. The molecule has 1 unspecified atom stereocenters. The van der Waals surface area contributed by atoms with E-state index in [1.54, 1.807) is 0 Å². The largest absolute Gasteiger partial charge is 0.355 e. The van der Waals surface area contributed by atoms with Crippen LogP contribution in [-0.4, -0.2) is 36.0 Å². The average molecular weight is 214 g/mol. The van der Waals surface area contributed by atoms with Gasteiger partial charge in [-0.25, -0.2) is 0 Å². The lowest BCUT2D eigenvalue weighted by molar-refractivity contribution is -0.124. The smallest absolute Gasteiger partial charge is 0.237 e. The minimum atomic E-state index is 0.0804. The third-order valence-corrected chi connectivity index (χ3v) is 3.99. The Morgan fingerprint density at radius 1 is 1.29 bits per heavy atom. The van der Waals surface area contributed by atoms with Crippen LogP contribution >= 0.6 is 11.8 Å². The third kappa shape index (κ3) is 2.64. The van der Waals surface area contributed by atoms with Gasteiger partial charge in [0.1, 0.15) is 0 Å². The van der Waals surface area contributed by atoms with E-state index in [4.69, 9.17) is 0 Å². The zero-order valence-corrected chi connectivity index (χ0v) is 9.24. The summed E-state index contributed by atoms with van der Waals surface area (Å²) >= 11 is 2.02. The Hall–Kier alpha value is -0.220. The van der Waals surface area contributed by atoms with Crippen LogP contribution in [0.15, 0.2) is 0 Å². The van der Waals surface area contributed by atoms with Crippen molar-refractivity contribution in [3.63, 3.8) is 0 Å². The maximum atomic E-state index is 11.5. The van der Waals surface area contributed by atoms with Crippen molar-refractivity contribution < 1.29 is 4.79 Å². The molecule has 80 valence electrons. The molecule has 4 heteroatoms. The summed E-state index contributed by atoms with van der Waals surface area (Å²) in [4.78, 5) is 11.5. The highest BCUT2D eigenvalue weighted by molar-refractivity contribution is 7.99. The van der Waals surface area contributed by atoms with E-state index in [1.165, 1.54) is 24.3 Å². The van der Waals surface area contributed by atoms with Crippen LogP contribution in [0.1, 0.15) is 25.7 Å². The molecule has 1 amide bonds. The average Bonchev–Trinajstić information content (AvgIpc) is 2.23. The normalized spacial score (nSPS) is 30.0. The number of thioether (sulfide) groups is 1. The van der Waals surface area contributed by atoms with E-state index in [-0.39, 0.29) is 11.9 Å². The fourth-order valence-corrected chi connectivity index (χ4v) is 3.19. The van der Waals surface area contributed by atoms with Crippen molar-refractivity contribution in [2.24, 2.45) is 0 Å². The fraction of sp³-hybridized carbons (Fsp3) is 0.900. The van der Waals surface area contributed by atoms with Crippen LogP contribution in [0.25, 0.3) is 0 Å². The molecule has 2 fully saturated rings. The monoisotopic (exact) mass is 214 g/mol. The number of nitrogens with one attached hydrogen (secondary N) is 2. The Bertz CT molecular complexity index is 204. The minimum Gasteiger partial charge on any atom is -0.355 e. The number of hydrogen-bond acceptors (Lipinski definition) is 3. The maximum Gasteiger partial charge on any atom is 0.237 e. The van der Waals surface area contributed by atoms with E-state index in [1.807, 2.05) is 11.8 Å². The highest BCUT2D eigenvalue weighted by Gasteiger charge is 2.25. The van der Waals surface area contributed by atoms with Crippen molar-refractivity contribution in [2.45, 2.75) is 37.8 Å². The van der Waals surface area contributed by atoms with Crippen LogP contribution < -0.4 is 10.6 Å². The molecule has 0 aromatic rings. The van der Waals surface area contributed by atoms with Gasteiger partial charge in [0.05, 0.1) is 6.04 Å². The van der Waals surface area contributed by atoms with E-state index < -0.39 is 0 Å². The lowest BCUT2D eigenvalue weighted by Gasteiger charge is -2.29. The lowest BCUT2D eigenvalue weighted by atomic mass is 10.0. The summed E-state index contributed by atoms with van der Waals surface area (Å²) in [5, 5.41) is 6.40. The molecule has 0 spiro atoms. The molecule has 0 aromatic heterocycles. The lowest BCUT2D eigenvalue weighted by Crippen LogP contribution is -2.52. The van der Waals surface area contributed by atoms with Gasteiger partial charge in [-0.3, -0.25) is 4.79 Å². The standard InChI is InChI=1S/C10H18N2OS/c13-10-9(2-1-5-11-10)12-8-3-6-14-7-4-8/h8-9,12H,1-7H2,(H,11,13). The van der Waals surface area contributed by atoms with Crippen LogP contribution in [-0.2, 0) is 4.79 Å². The molecule has 0 aliphatic carbocycles. The molecule has 0 aromatic carbocycles. The third-order valence-electron chi connectivity index (χ3n) is 2.94. The molecule has 2 aliphatic rings. The van der Waals surface area contributed by atoms with Gasteiger partial charge in [0, 0.05) is 12.6 Å². The molecule has 14 heavy (non-hydrogen) atoms. The van der Waals surface area contributed by atoms with Crippen molar-refractivity contribution in [3.8, 4) is 0 Å². The number of carbonyl (C=O) groups excluding carboxylic acids is 1. The Balaban J connectivity index is 1.79. The van der Waals surface area contributed by atoms with E-state index in [2.05, 4.69) is 10.6 Å². The first-order chi connectivity index (χ1) is 6.86. The summed E-state index contributed by atoms with van der Waals surface area (Å²) < 4.78 is 0. The van der Waals surface area contributed by atoms with E-state index in [0.29, 0.717) is 6.04 Å². The number of piperidine rings is 1. The minimum absolute atomic E-state index is 0.0804. The number of amides is 1. The summed E-state index contributed by atoms with van der Waals surface area (Å²) in [6, 6.07) is 0.655. The van der Waals surface area contributed by atoms with Crippen LogP contribution in [0.3, 0.4) is 0 Å². The first-order valence-corrected chi connectivity index (χ1v) is 6.63. The van der Waals surface area contributed by atoms with Crippen LogP contribution in [0.4, 0.5) is 0 Å². The summed E-state index contributed by atoms with van der Waals surface area (Å²) in [6.07, 6.45) is 4.56. The van der Waals surface area contributed by atoms with Crippen molar-refractivity contribution >= 4 is 17.7 Å². The van der Waals surface area contributed by atoms with Crippen molar-refractivity contribution in [1.82, 2.24) is 10.6 Å². The predicted octanol–water partition coefficient (Wildman–Crippen LogP) is 0.750. The molecule has 3 nitrogen and oxygen atoms in total. The zero-order valence-electron chi connectivity index (χ0n) is 8.42. The van der Waals surface area contributed by atoms with Gasteiger partial charge in [0.25, 0.3) is 0 Å². The Labute approximate surface area is 89.4 Å². The first kappa shape index (κ1) is 10.3. The second kappa shape index (κ2) is 5.03. The SMILES string of the molecule is O=C1NCCCC1NC1CCSCC1. The van der Waals surface area contributed by atoms with Gasteiger partial charge in [0.2, 0.25) is 5.91 Å². The van der Waals surface area contributed by atoms with E-state index in [9.17, 15) is 4.79 Å². The summed E-state index contributed by atoms with van der Waals surface area (Å²) in [7, 11) is 0. The van der Waals surface area contributed by atoms with Gasteiger partial charge in [-0.2, -0.15) is 11.8 Å². The zero-order chi connectivity index (χ0) is 9.80. The second-order valence-corrected chi connectivity index (χ2v) is 5.26. The highest BCUT2D eigenvalue weighted by Crippen LogP contribution is 2.18. The summed E-state index contributed by atoms with van der Waals surface area (Å²) in [5.41, 5.74) is 0. The molecule has 2 rings (SSSR count). The molecule has 0 bridgehead atoms. The molecule has 0 saturated carbocycles. The molecule has 2 heterocycles. The van der Waals surface area contributed by atoms with E-state index in [0.717, 1.165) is 19.4 Å². The van der Waals surface area contributed by atoms with Crippen molar-refractivity contribution in [3.05, 3.63) is 0 Å². The van der Waals surface area contributed by atoms with Crippen molar-refractivity contribution in [2.75, 3.05) is 18.1 Å². The molecule has 1 atom stereocenters. The van der Waals surface area contributed by atoms with Crippen molar-refractivity contribution in [1.29, 1.82) is 0 Å². The van der Waals surface area contributed by atoms with Crippen LogP contribution in [0.5, 0.6) is 0 Å². The molecular formula is C10H18N2OS. The molecule has 2 N–H and O–H groups in total. The fourth-order valence-electron chi connectivity index (χ4n) is 2.08. The molecular weight excluding hydrogens is 196 g/mol. The van der Waals surface area contributed by atoms with Gasteiger partial charge < -0.3 is 10.6 Å². The Kier molecular flexibility index (Phi) is 3.70. The quantitative estimate of drug-likeness (QED) is 0.713. The summed E-state index contributed by atoms with van der Waals surface area (Å²) in [6.45, 7) is 0.859. The van der Waals surface area contributed by atoms with Gasteiger partial charge >= 0.3 is 0 Å². The predicted molar refractivity (Wildman–Crippen MR) is 59.5 cm³/mol. The number of hydrogen-bond donors (Lipinski definition) is 2. The van der Waals surface area contributed by atoms with Crippen LogP contribution in [0, 0.1) is 0 Å². The number of rotatable bonds is 2. The van der Waals surface area contributed by atoms with Crippen LogP contribution in [0.2, 0.25) is 0 Å². The first-order valence-electron chi connectivity index (χ1n) is 5.48. The summed E-state index contributed by atoms with van der Waals surface area (Å²) in [5.74, 6) is 2.69. The Morgan fingerprint density at radius 3 is 2.79 bits per heavy atom. The van der Waals surface area contributed by atoms with Gasteiger partial charge in [-0.1, -0.05) is 0 Å². The van der Waals surface area contributed by atoms with Gasteiger partial charge in [-0.05, 0) is 37.2 Å². The number of carbonyl (C=O) groups is 1. The van der Waals surface area contributed by atoms with Gasteiger partial charge in [-0.15, -0.1) is 0 Å². The molecule has 0 radical (unpaired) electrons. The molecule has 2 aliphatic heterocycles.